The van der Waals surface area contributed by atoms with Gasteiger partial charge in [0.05, 0.1) is 0 Å². The standard InChI is InChI=1S/C3H7NO2/c5-3(6)1-2-4-3/h4-6H,1-2H2. The van der Waals surface area contributed by atoms with Crippen LogP contribution in [0.15, 0.2) is 0 Å². The van der Waals surface area contributed by atoms with E-state index in [4.69, 9.17) is 10.2 Å². The topological polar surface area (TPSA) is 52.5 Å². The summed E-state index contributed by atoms with van der Waals surface area (Å²) in [5.74, 6) is -1.53. The van der Waals surface area contributed by atoms with Crippen LogP contribution in [0.4, 0.5) is 0 Å². The summed E-state index contributed by atoms with van der Waals surface area (Å²) in [5.41, 5.74) is 0. The lowest BCUT2D eigenvalue weighted by molar-refractivity contribution is -0.227. The molecule has 0 bridgehead atoms. The van der Waals surface area contributed by atoms with Crippen molar-refractivity contribution in [1.82, 2.24) is 5.32 Å². The molecule has 3 heteroatoms. The van der Waals surface area contributed by atoms with Crippen molar-refractivity contribution in [2.45, 2.75) is 12.3 Å². The predicted octanol–water partition coefficient (Wildman–Crippen LogP) is -1.38. The molecule has 1 fully saturated rings. The van der Waals surface area contributed by atoms with E-state index in [1.165, 1.54) is 0 Å². The van der Waals surface area contributed by atoms with Gasteiger partial charge in [-0.25, -0.2) is 0 Å². The Hall–Kier alpha value is -0.120. The lowest BCUT2D eigenvalue weighted by atomic mass is 10.2. The molecule has 1 heterocycles. The molecule has 0 amide bonds. The first kappa shape index (κ1) is 4.05. The van der Waals surface area contributed by atoms with Crippen molar-refractivity contribution in [2.24, 2.45) is 0 Å². The monoisotopic (exact) mass is 89.0 g/mol. The van der Waals surface area contributed by atoms with Gasteiger partial charge in [-0.3, -0.25) is 5.32 Å². The van der Waals surface area contributed by atoms with E-state index in [9.17, 15) is 0 Å². The summed E-state index contributed by atoms with van der Waals surface area (Å²) >= 11 is 0. The molecule has 3 N–H and O–H groups in total. The quantitative estimate of drug-likeness (QED) is 0.320. The molecule has 36 valence electrons. The van der Waals surface area contributed by atoms with Crippen LogP contribution in [0, 0.1) is 0 Å². The number of hydrogen-bond donors (Lipinski definition) is 3. The van der Waals surface area contributed by atoms with E-state index < -0.39 is 5.91 Å². The Labute approximate surface area is 35.6 Å². The number of aliphatic hydroxyl groups is 2. The minimum absolute atomic E-state index is 0.451. The minimum atomic E-state index is -1.53. The number of rotatable bonds is 0. The molecule has 0 radical (unpaired) electrons. The van der Waals surface area contributed by atoms with Crippen LogP contribution in [0.1, 0.15) is 6.42 Å². The second-order valence-electron chi connectivity index (χ2n) is 1.49. The fourth-order valence-corrected chi connectivity index (χ4v) is 0.349. The van der Waals surface area contributed by atoms with Crippen LogP contribution in [-0.4, -0.2) is 22.7 Å². The molecule has 1 saturated heterocycles. The summed E-state index contributed by atoms with van der Waals surface area (Å²) in [5, 5.41) is 19.1. The van der Waals surface area contributed by atoms with E-state index in [1.54, 1.807) is 0 Å². The van der Waals surface area contributed by atoms with Crippen LogP contribution >= 0.6 is 0 Å². The van der Waals surface area contributed by atoms with E-state index >= 15 is 0 Å². The van der Waals surface area contributed by atoms with Crippen LogP contribution in [0.3, 0.4) is 0 Å². The Bertz CT molecular complexity index is 55.8. The molecule has 0 atom stereocenters. The molecular formula is C3H7NO2. The highest BCUT2D eigenvalue weighted by molar-refractivity contribution is 4.72. The van der Waals surface area contributed by atoms with Crippen molar-refractivity contribution in [3.63, 3.8) is 0 Å². The maximum Gasteiger partial charge on any atom is 0.223 e. The lowest BCUT2D eigenvalue weighted by Crippen LogP contribution is -2.56. The minimum Gasteiger partial charge on any atom is -0.353 e. The average molecular weight is 89.1 g/mol. The van der Waals surface area contributed by atoms with Gasteiger partial charge in [0.2, 0.25) is 5.91 Å². The summed E-state index contributed by atoms with van der Waals surface area (Å²) in [6, 6.07) is 0. The van der Waals surface area contributed by atoms with Crippen LogP contribution in [0.2, 0.25) is 0 Å². The highest BCUT2D eigenvalue weighted by Gasteiger charge is 2.29. The highest BCUT2D eigenvalue weighted by atomic mass is 16.5. The second kappa shape index (κ2) is 0.932. The zero-order chi connectivity index (χ0) is 4.62. The van der Waals surface area contributed by atoms with Crippen molar-refractivity contribution in [3.8, 4) is 0 Å². The Morgan fingerprint density at radius 2 is 1.83 bits per heavy atom. The molecular weight excluding hydrogens is 82.0 g/mol. The van der Waals surface area contributed by atoms with Crippen LogP contribution in [0.25, 0.3) is 0 Å². The van der Waals surface area contributed by atoms with Gasteiger partial charge >= 0.3 is 0 Å². The zero-order valence-electron chi connectivity index (χ0n) is 3.31. The summed E-state index contributed by atoms with van der Waals surface area (Å²) < 4.78 is 0. The van der Waals surface area contributed by atoms with Crippen molar-refractivity contribution in [3.05, 3.63) is 0 Å². The molecule has 0 aliphatic carbocycles. The molecule has 6 heavy (non-hydrogen) atoms. The van der Waals surface area contributed by atoms with Crippen molar-refractivity contribution in [1.29, 1.82) is 0 Å². The Morgan fingerprint density at radius 1 is 1.50 bits per heavy atom. The largest absolute Gasteiger partial charge is 0.353 e. The number of nitrogens with one attached hydrogen (secondary N) is 1. The summed E-state index contributed by atoms with van der Waals surface area (Å²) in [4.78, 5) is 0. The molecule has 0 aromatic rings. The summed E-state index contributed by atoms with van der Waals surface area (Å²) in [6.45, 7) is 0.715. The molecule has 1 aliphatic rings. The maximum atomic E-state index is 8.36. The van der Waals surface area contributed by atoms with E-state index in [0.717, 1.165) is 0 Å². The Balaban J connectivity index is 2.31. The highest BCUT2D eigenvalue weighted by Crippen LogP contribution is 2.07. The predicted molar refractivity (Wildman–Crippen MR) is 19.8 cm³/mol. The maximum absolute atomic E-state index is 8.36. The second-order valence-corrected chi connectivity index (χ2v) is 1.49. The fourth-order valence-electron chi connectivity index (χ4n) is 0.349. The third kappa shape index (κ3) is 0.518. The average Bonchev–Trinajstić information content (AvgIpc) is 1.32. The van der Waals surface area contributed by atoms with E-state index in [2.05, 4.69) is 5.32 Å². The zero-order valence-corrected chi connectivity index (χ0v) is 3.31. The van der Waals surface area contributed by atoms with Gasteiger partial charge in [0.15, 0.2) is 0 Å². The summed E-state index contributed by atoms with van der Waals surface area (Å²) in [7, 11) is 0. The molecule has 0 aromatic heterocycles. The molecule has 1 aliphatic heterocycles. The van der Waals surface area contributed by atoms with E-state index in [1.807, 2.05) is 0 Å². The van der Waals surface area contributed by atoms with Gasteiger partial charge in [-0.2, -0.15) is 0 Å². The molecule has 0 unspecified atom stereocenters. The van der Waals surface area contributed by atoms with Gasteiger partial charge in [0, 0.05) is 13.0 Å². The van der Waals surface area contributed by atoms with E-state index in [-0.39, 0.29) is 0 Å². The summed E-state index contributed by atoms with van der Waals surface area (Å²) in [6.07, 6.45) is 0.451. The van der Waals surface area contributed by atoms with Gasteiger partial charge in [-0.05, 0) is 0 Å². The Morgan fingerprint density at radius 3 is 1.83 bits per heavy atom. The van der Waals surface area contributed by atoms with Crippen LogP contribution in [-0.2, 0) is 0 Å². The van der Waals surface area contributed by atoms with Gasteiger partial charge in [0.25, 0.3) is 0 Å². The fraction of sp³-hybridized carbons (Fsp3) is 1.00. The molecule has 0 saturated carbocycles. The van der Waals surface area contributed by atoms with E-state index in [0.29, 0.717) is 13.0 Å². The van der Waals surface area contributed by atoms with Crippen molar-refractivity contribution in [2.75, 3.05) is 6.54 Å². The SMILES string of the molecule is OC1(O)CCN1. The molecule has 0 aromatic carbocycles. The molecule has 1 rings (SSSR count). The van der Waals surface area contributed by atoms with Gasteiger partial charge in [-0.15, -0.1) is 0 Å². The first-order chi connectivity index (χ1) is 2.71. The first-order valence-corrected chi connectivity index (χ1v) is 1.90. The van der Waals surface area contributed by atoms with Gasteiger partial charge in [0.1, 0.15) is 0 Å². The van der Waals surface area contributed by atoms with Crippen LogP contribution < -0.4 is 5.32 Å². The van der Waals surface area contributed by atoms with Gasteiger partial charge in [-0.1, -0.05) is 0 Å². The Kier molecular flexibility index (Phi) is 0.629. The third-order valence-electron chi connectivity index (χ3n) is 0.882. The third-order valence-corrected chi connectivity index (χ3v) is 0.882. The lowest BCUT2D eigenvalue weighted by Gasteiger charge is -2.31. The van der Waals surface area contributed by atoms with Crippen molar-refractivity contribution >= 4 is 0 Å². The molecule has 3 nitrogen and oxygen atoms in total. The van der Waals surface area contributed by atoms with Crippen molar-refractivity contribution < 1.29 is 10.2 Å². The smallest absolute Gasteiger partial charge is 0.223 e. The van der Waals surface area contributed by atoms with Gasteiger partial charge < -0.3 is 10.2 Å². The number of hydrogen-bond acceptors (Lipinski definition) is 3. The van der Waals surface area contributed by atoms with Crippen LogP contribution in [0.5, 0.6) is 0 Å². The normalized spacial score (nSPS) is 29.0. The molecule has 0 spiro atoms. The first-order valence-electron chi connectivity index (χ1n) is 1.90.